The summed E-state index contributed by atoms with van der Waals surface area (Å²) in [5, 5.41) is 0.613. The first kappa shape index (κ1) is 11.6. The average Bonchev–Trinajstić information content (AvgIpc) is 3.06. The number of amides is 1. The minimum Gasteiger partial charge on any atom is -0.397 e. The lowest BCUT2D eigenvalue weighted by Crippen LogP contribution is -2.28. The van der Waals surface area contributed by atoms with Gasteiger partial charge in [-0.25, -0.2) is 0 Å². The first-order chi connectivity index (χ1) is 7.50. The summed E-state index contributed by atoms with van der Waals surface area (Å²) in [6.45, 7) is 0. The van der Waals surface area contributed by atoms with E-state index in [2.05, 4.69) is 0 Å². The summed E-state index contributed by atoms with van der Waals surface area (Å²) in [6.07, 6.45) is 2.14. The summed E-state index contributed by atoms with van der Waals surface area (Å²) in [7, 11) is 1.79. The molecule has 5 heteroatoms. The third-order valence-corrected chi connectivity index (χ3v) is 3.53. The molecule has 0 atom stereocenters. The molecule has 0 aliphatic heterocycles. The third kappa shape index (κ3) is 2.11. The minimum atomic E-state index is -0.0623. The van der Waals surface area contributed by atoms with Gasteiger partial charge in [0, 0.05) is 18.7 Å². The van der Waals surface area contributed by atoms with Crippen molar-refractivity contribution >= 4 is 34.8 Å². The van der Waals surface area contributed by atoms with Crippen molar-refractivity contribution in [2.75, 3.05) is 12.8 Å². The van der Waals surface area contributed by atoms with Gasteiger partial charge in [-0.2, -0.15) is 0 Å². The van der Waals surface area contributed by atoms with Crippen LogP contribution in [0.5, 0.6) is 0 Å². The molecule has 2 N–H and O–H groups in total. The topological polar surface area (TPSA) is 46.3 Å². The van der Waals surface area contributed by atoms with Gasteiger partial charge in [-0.3, -0.25) is 4.79 Å². The van der Waals surface area contributed by atoms with Crippen LogP contribution in [0.3, 0.4) is 0 Å². The quantitative estimate of drug-likeness (QED) is 0.830. The van der Waals surface area contributed by atoms with Crippen molar-refractivity contribution < 1.29 is 4.79 Å². The van der Waals surface area contributed by atoms with Crippen LogP contribution in [0.1, 0.15) is 23.2 Å². The van der Waals surface area contributed by atoms with Crippen molar-refractivity contribution in [2.24, 2.45) is 0 Å². The number of nitrogens with zero attached hydrogens (tertiary/aromatic N) is 1. The third-order valence-electron chi connectivity index (χ3n) is 2.72. The van der Waals surface area contributed by atoms with E-state index in [0.29, 0.717) is 27.3 Å². The summed E-state index contributed by atoms with van der Waals surface area (Å²) < 4.78 is 0. The standard InChI is InChI=1S/C11H12Cl2N2O/c1-15(7-2-3-7)11(16)6-4-8(12)10(13)9(14)5-6/h4-5,7H,2-3,14H2,1H3. The van der Waals surface area contributed by atoms with E-state index in [1.165, 1.54) is 0 Å². The number of carbonyl (C=O) groups is 1. The second kappa shape index (κ2) is 4.15. The number of halogens is 2. The maximum absolute atomic E-state index is 12.0. The molecule has 1 aromatic carbocycles. The summed E-state index contributed by atoms with van der Waals surface area (Å²) in [5.41, 5.74) is 6.49. The van der Waals surface area contributed by atoms with E-state index in [9.17, 15) is 4.79 Å². The number of nitrogens with two attached hydrogens (primary N) is 1. The van der Waals surface area contributed by atoms with E-state index in [0.717, 1.165) is 12.8 Å². The van der Waals surface area contributed by atoms with Gasteiger partial charge in [0.1, 0.15) is 0 Å². The van der Waals surface area contributed by atoms with Crippen LogP contribution in [0.15, 0.2) is 12.1 Å². The summed E-state index contributed by atoms with van der Waals surface area (Å²) in [5.74, 6) is -0.0623. The molecule has 0 saturated heterocycles. The molecule has 3 nitrogen and oxygen atoms in total. The molecule has 16 heavy (non-hydrogen) atoms. The fourth-order valence-corrected chi connectivity index (χ4v) is 1.90. The van der Waals surface area contributed by atoms with Crippen LogP contribution in [0, 0.1) is 0 Å². The fraction of sp³-hybridized carbons (Fsp3) is 0.364. The zero-order valence-electron chi connectivity index (χ0n) is 8.84. The van der Waals surface area contributed by atoms with Crippen LogP contribution in [-0.2, 0) is 0 Å². The molecule has 0 bridgehead atoms. The molecule has 1 aromatic rings. The Labute approximate surface area is 104 Å². The van der Waals surface area contributed by atoms with Crippen LogP contribution in [0.4, 0.5) is 5.69 Å². The number of anilines is 1. The Morgan fingerprint density at radius 3 is 2.56 bits per heavy atom. The van der Waals surface area contributed by atoms with Gasteiger partial charge in [0.2, 0.25) is 0 Å². The van der Waals surface area contributed by atoms with Gasteiger partial charge in [-0.05, 0) is 25.0 Å². The average molecular weight is 259 g/mol. The maximum atomic E-state index is 12.0. The van der Waals surface area contributed by atoms with Crippen LogP contribution >= 0.6 is 23.2 Å². The van der Waals surface area contributed by atoms with Crippen LogP contribution in [-0.4, -0.2) is 23.9 Å². The molecule has 0 unspecified atom stereocenters. The monoisotopic (exact) mass is 258 g/mol. The Balaban J connectivity index is 2.29. The molecule has 0 spiro atoms. The van der Waals surface area contributed by atoms with E-state index in [4.69, 9.17) is 28.9 Å². The van der Waals surface area contributed by atoms with Gasteiger partial charge < -0.3 is 10.6 Å². The largest absolute Gasteiger partial charge is 0.397 e. The summed E-state index contributed by atoms with van der Waals surface area (Å²) >= 11 is 11.7. The Morgan fingerprint density at radius 2 is 2.06 bits per heavy atom. The van der Waals surface area contributed by atoms with Gasteiger partial charge in [-0.15, -0.1) is 0 Å². The molecular weight excluding hydrogens is 247 g/mol. The van der Waals surface area contributed by atoms with Gasteiger partial charge >= 0.3 is 0 Å². The number of hydrogen-bond donors (Lipinski definition) is 1. The first-order valence-electron chi connectivity index (χ1n) is 5.02. The van der Waals surface area contributed by atoms with E-state index in [-0.39, 0.29) is 5.91 Å². The highest BCUT2D eigenvalue weighted by Crippen LogP contribution is 2.31. The SMILES string of the molecule is CN(C(=O)c1cc(N)c(Cl)c(Cl)c1)C1CC1. The Kier molecular flexibility index (Phi) is 3.00. The highest BCUT2D eigenvalue weighted by molar-refractivity contribution is 6.43. The van der Waals surface area contributed by atoms with Gasteiger partial charge in [-0.1, -0.05) is 23.2 Å². The molecule has 1 aliphatic rings. The lowest BCUT2D eigenvalue weighted by atomic mass is 10.1. The Bertz CT molecular complexity index is 421. The number of nitrogen functional groups attached to an aromatic ring is 1. The molecule has 1 amide bonds. The maximum Gasteiger partial charge on any atom is 0.253 e. The lowest BCUT2D eigenvalue weighted by Gasteiger charge is -2.17. The van der Waals surface area contributed by atoms with Crippen molar-refractivity contribution in [3.05, 3.63) is 27.7 Å². The number of carbonyl (C=O) groups excluding carboxylic acids is 1. The van der Waals surface area contributed by atoms with Gasteiger partial charge in [0.25, 0.3) is 5.91 Å². The van der Waals surface area contributed by atoms with Crippen LogP contribution in [0.25, 0.3) is 0 Å². The fourth-order valence-electron chi connectivity index (χ4n) is 1.57. The summed E-state index contributed by atoms with van der Waals surface area (Å²) in [6, 6.07) is 3.49. The summed E-state index contributed by atoms with van der Waals surface area (Å²) in [4.78, 5) is 13.7. The van der Waals surface area contributed by atoms with Crippen molar-refractivity contribution in [1.82, 2.24) is 4.90 Å². The molecule has 1 saturated carbocycles. The molecule has 1 aliphatic carbocycles. The predicted octanol–water partition coefficient (Wildman–Crippen LogP) is 2.81. The van der Waals surface area contributed by atoms with E-state index in [1.807, 2.05) is 0 Å². The van der Waals surface area contributed by atoms with Crippen LogP contribution < -0.4 is 5.73 Å². The number of hydrogen-bond acceptors (Lipinski definition) is 2. The van der Waals surface area contributed by atoms with Crippen LogP contribution in [0.2, 0.25) is 10.0 Å². The lowest BCUT2D eigenvalue weighted by molar-refractivity contribution is 0.0785. The molecule has 86 valence electrons. The second-order valence-electron chi connectivity index (χ2n) is 4.01. The predicted molar refractivity (Wildman–Crippen MR) is 66.0 cm³/mol. The van der Waals surface area contributed by atoms with E-state index >= 15 is 0 Å². The van der Waals surface area contributed by atoms with Gasteiger partial charge in [0.15, 0.2) is 0 Å². The highest BCUT2D eigenvalue weighted by atomic mass is 35.5. The van der Waals surface area contributed by atoms with E-state index in [1.54, 1.807) is 24.1 Å². The zero-order chi connectivity index (χ0) is 11.9. The second-order valence-corrected chi connectivity index (χ2v) is 4.79. The zero-order valence-corrected chi connectivity index (χ0v) is 10.3. The highest BCUT2D eigenvalue weighted by Gasteiger charge is 2.30. The normalized spacial score (nSPS) is 14.9. The molecule has 1 fully saturated rings. The van der Waals surface area contributed by atoms with E-state index < -0.39 is 0 Å². The Hall–Kier alpha value is -0.930. The number of benzene rings is 1. The Morgan fingerprint density at radius 1 is 1.44 bits per heavy atom. The molecule has 2 rings (SSSR count). The molecule has 0 aromatic heterocycles. The van der Waals surface area contributed by atoms with Crippen molar-refractivity contribution in [2.45, 2.75) is 18.9 Å². The molecule has 0 heterocycles. The minimum absolute atomic E-state index is 0.0623. The van der Waals surface area contributed by atoms with Crippen molar-refractivity contribution in [1.29, 1.82) is 0 Å². The molecular formula is C11H12Cl2N2O. The first-order valence-corrected chi connectivity index (χ1v) is 5.78. The van der Waals surface area contributed by atoms with Crippen molar-refractivity contribution in [3.63, 3.8) is 0 Å². The van der Waals surface area contributed by atoms with Crippen molar-refractivity contribution in [3.8, 4) is 0 Å². The smallest absolute Gasteiger partial charge is 0.253 e. The number of rotatable bonds is 2. The van der Waals surface area contributed by atoms with Gasteiger partial charge in [0.05, 0.1) is 15.7 Å². The molecule has 0 radical (unpaired) electrons.